The highest BCUT2D eigenvalue weighted by Gasteiger charge is 2.25. The molecule has 0 unspecified atom stereocenters. The first-order valence-electron chi connectivity index (χ1n) is 4.79. The van der Waals surface area contributed by atoms with Gasteiger partial charge in [0, 0.05) is 19.4 Å². The summed E-state index contributed by atoms with van der Waals surface area (Å²) in [5.41, 5.74) is 0. The van der Waals surface area contributed by atoms with Crippen molar-refractivity contribution in [1.82, 2.24) is 5.32 Å². The summed E-state index contributed by atoms with van der Waals surface area (Å²) in [5, 5.41) is 2.56. The maximum absolute atomic E-state index is 11.7. The molecule has 0 spiro atoms. The second kappa shape index (κ2) is 6.68. The van der Waals surface area contributed by atoms with Crippen LogP contribution in [-0.2, 0) is 4.79 Å². The summed E-state index contributed by atoms with van der Waals surface area (Å²) in [6.07, 6.45) is -3.18. The Kier molecular flexibility index (Phi) is 6.32. The third kappa shape index (κ3) is 9.35. The van der Waals surface area contributed by atoms with Crippen LogP contribution in [0.15, 0.2) is 0 Å². The highest BCUT2D eigenvalue weighted by molar-refractivity contribution is 5.75. The molecule has 1 N–H and O–H groups in total. The van der Waals surface area contributed by atoms with E-state index in [1.165, 1.54) is 0 Å². The summed E-state index contributed by atoms with van der Waals surface area (Å²) in [6.45, 7) is 2.22. The van der Waals surface area contributed by atoms with Crippen molar-refractivity contribution in [2.24, 2.45) is 0 Å². The van der Waals surface area contributed by atoms with E-state index in [4.69, 9.17) is 0 Å². The van der Waals surface area contributed by atoms with Crippen molar-refractivity contribution in [1.29, 1.82) is 0 Å². The third-order valence-electron chi connectivity index (χ3n) is 1.69. The van der Waals surface area contributed by atoms with E-state index < -0.39 is 12.6 Å². The standard InChI is InChI=1S/C9H16F3NO/c1-2-5-8(14)13-7-4-3-6-9(10,11)12/h2-7H2,1H3,(H,13,14). The van der Waals surface area contributed by atoms with Crippen molar-refractivity contribution in [2.45, 2.75) is 45.2 Å². The smallest absolute Gasteiger partial charge is 0.356 e. The summed E-state index contributed by atoms with van der Waals surface area (Å²) in [7, 11) is 0. The van der Waals surface area contributed by atoms with Crippen molar-refractivity contribution in [3.05, 3.63) is 0 Å². The van der Waals surface area contributed by atoms with Crippen LogP contribution in [0.3, 0.4) is 0 Å². The van der Waals surface area contributed by atoms with Crippen LogP contribution in [0.1, 0.15) is 39.0 Å². The highest BCUT2D eigenvalue weighted by atomic mass is 19.4. The number of carbonyl (C=O) groups excluding carboxylic acids is 1. The minimum atomic E-state index is -4.08. The monoisotopic (exact) mass is 211 g/mol. The Morgan fingerprint density at radius 2 is 1.93 bits per heavy atom. The molecule has 0 aromatic carbocycles. The molecule has 1 amide bonds. The zero-order valence-corrected chi connectivity index (χ0v) is 8.28. The average Bonchev–Trinajstić information content (AvgIpc) is 2.02. The Hall–Kier alpha value is -0.740. The molecule has 0 fully saturated rings. The summed E-state index contributed by atoms with van der Waals surface area (Å²) < 4.78 is 35.0. The first-order chi connectivity index (χ1) is 6.45. The highest BCUT2D eigenvalue weighted by Crippen LogP contribution is 2.21. The van der Waals surface area contributed by atoms with E-state index in [-0.39, 0.29) is 12.3 Å². The van der Waals surface area contributed by atoms with E-state index in [0.29, 0.717) is 19.4 Å². The van der Waals surface area contributed by atoms with Crippen molar-refractivity contribution in [3.8, 4) is 0 Å². The molecule has 2 nitrogen and oxygen atoms in total. The molecular weight excluding hydrogens is 195 g/mol. The molecule has 0 saturated carbocycles. The Labute approximate surface area is 81.9 Å². The first kappa shape index (κ1) is 13.3. The number of nitrogens with one attached hydrogen (secondary N) is 1. The van der Waals surface area contributed by atoms with Gasteiger partial charge >= 0.3 is 6.18 Å². The number of halogens is 3. The molecule has 0 aromatic rings. The van der Waals surface area contributed by atoms with E-state index in [1.54, 1.807) is 0 Å². The van der Waals surface area contributed by atoms with Crippen molar-refractivity contribution in [2.75, 3.05) is 6.54 Å². The molecule has 5 heteroatoms. The number of amides is 1. The molecule has 0 atom stereocenters. The Balaban J connectivity index is 3.26. The lowest BCUT2D eigenvalue weighted by atomic mass is 10.2. The maximum Gasteiger partial charge on any atom is 0.389 e. The number of carbonyl (C=O) groups is 1. The van der Waals surface area contributed by atoms with Crippen LogP contribution in [0.5, 0.6) is 0 Å². The fraction of sp³-hybridized carbons (Fsp3) is 0.889. The van der Waals surface area contributed by atoms with Gasteiger partial charge in [0.25, 0.3) is 0 Å². The first-order valence-corrected chi connectivity index (χ1v) is 4.79. The minimum absolute atomic E-state index is 0.0793. The number of unbranched alkanes of at least 4 members (excludes halogenated alkanes) is 1. The van der Waals surface area contributed by atoms with Crippen LogP contribution in [0, 0.1) is 0 Å². The van der Waals surface area contributed by atoms with E-state index in [2.05, 4.69) is 5.32 Å². The average molecular weight is 211 g/mol. The molecule has 0 aromatic heterocycles. The minimum Gasteiger partial charge on any atom is -0.356 e. The lowest BCUT2D eigenvalue weighted by molar-refractivity contribution is -0.135. The van der Waals surface area contributed by atoms with Gasteiger partial charge in [0.1, 0.15) is 0 Å². The zero-order valence-electron chi connectivity index (χ0n) is 8.28. The van der Waals surface area contributed by atoms with E-state index in [9.17, 15) is 18.0 Å². The third-order valence-corrected chi connectivity index (χ3v) is 1.69. The summed E-state index contributed by atoms with van der Waals surface area (Å²) in [6, 6.07) is 0. The molecule has 0 radical (unpaired) electrons. The molecule has 0 aliphatic rings. The van der Waals surface area contributed by atoms with Crippen molar-refractivity contribution in [3.63, 3.8) is 0 Å². The van der Waals surface area contributed by atoms with E-state index in [0.717, 1.165) is 6.42 Å². The molecule has 0 rings (SSSR count). The van der Waals surface area contributed by atoms with Gasteiger partial charge in [-0.2, -0.15) is 13.2 Å². The van der Waals surface area contributed by atoms with Gasteiger partial charge in [-0.15, -0.1) is 0 Å². The molecule has 84 valence electrons. The van der Waals surface area contributed by atoms with E-state index >= 15 is 0 Å². The summed E-state index contributed by atoms with van der Waals surface area (Å²) >= 11 is 0. The number of hydrogen-bond acceptors (Lipinski definition) is 1. The van der Waals surface area contributed by atoms with Crippen LogP contribution in [0.2, 0.25) is 0 Å². The zero-order chi connectivity index (χ0) is 11.0. The van der Waals surface area contributed by atoms with Crippen LogP contribution in [0.25, 0.3) is 0 Å². The predicted octanol–water partition coefficient (Wildman–Crippen LogP) is 2.64. The molecule has 0 saturated heterocycles. The lowest BCUT2D eigenvalue weighted by Gasteiger charge is -2.06. The topological polar surface area (TPSA) is 29.1 Å². The predicted molar refractivity (Wildman–Crippen MR) is 47.8 cm³/mol. The Morgan fingerprint density at radius 1 is 1.29 bits per heavy atom. The maximum atomic E-state index is 11.7. The fourth-order valence-electron chi connectivity index (χ4n) is 0.994. The molecule has 0 heterocycles. The van der Waals surface area contributed by atoms with Crippen LogP contribution in [-0.4, -0.2) is 18.6 Å². The summed E-state index contributed by atoms with van der Waals surface area (Å²) in [5.74, 6) is -0.0838. The Bertz CT molecular complexity index is 168. The van der Waals surface area contributed by atoms with Crippen LogP contribution in [0.4, 0.5) is 13.2 Å². The molecule has 14 heavy (non-hydrogen) atoms. The molecule has 0 bridgehead atoms. The van der Waals surface area contributed by atoms with Gasteiger partial charge in [0.2, 0.25) is 5.91 Å². The largest absolute Gasteiger partial charge is 0.389 e. The Morgan fingerprint density at radius 3 is 2.43 bits per heavy atom. The second-order valence-electron chi connectivity index (χ2n) is 3.17. The van der Waals surface area contributed by atoms with Crippen molar-refractivity contribution >= 4 is 5.91 Å². The van der Waals surface area contributed by atoms with Gasteiger partial charge in [-0.05, 0) is 19.3 Å². The quantitative estimate of drug-likeness (QED) is 0.672. The summed E-state index contributed by atoms with van der Waals surface area (Å²) in [4.78, 5) is 10.9. The normalized spacial score (nSPS) is 11.4. The van der Waals surface area contributed by atoms with Crippen LogP contribution >= 0.6 is 0 Å². The van der Waals surface area contributed by atoms with E-state index in [1.807, 2.05) is 6.92 Å². The van der Waals surface area contributed by atoms with Gasteiger partial charge in [-0.3, -0.25) is 4.79 Å². The number of alkyl halides is 3. The SMILES string of the molecule is CCCC(=O)NCCCCC(F)(F)F. The van der Waals surface area contributed by atoms with Gasteiger partial charge in [0.15, 0.2) is 0 Å². The van der Waals surface area contributed by atoms with Crippen LogP contribution < -0.4 is 5.32 Å². The lowest BCUT2D eigenvalue weighted by Crippen LogP contribution is -2.24. The van der Waals surface area contributed by atoms with Gasteiger partial charge in [-0.25, -0.2) is 0 Å². The molecule has 0 aliphatic heterocycles. The van der Waals surface area contributed by atoms with Gasteiger partial charge in [-0.1, -0.05) is 6.92 Å². The number of rotatable bonds is 6. The number of hydrogen-bond donors (Lipinski definition) is 1. The molecule has 0 aliphatic carbocycles. The van der Waals surface area contributed by atoms with Crippen molar-refractivity contribution < 1.29 is 18.0 Å². The molecular formula is C9H16F3NO. The van der Waals surface area contributed by atoms with Gasteiger partial charge in [0.05, 0.1) is 0 Å². The van der Waals surface area contributed by atoms with Gasteiger partial charge < -0.3 is 5.32 Å². The fourth-order valence-corrected chi connectivity index (χ4v) is 0.994. The second-order valence-corrected chi connectivity index (χ2v) is 3.17.